The molecule has 0 fully saturated rings. The van der Waals surface area contributed by atoms with Gasteiger partial charge in [-0.25, -0.2) is 9.78 Å². The summed E-state index contributed by atoms with van der Waals surface area (Å²) in [5, 5.41) is 13.9. The average Bonchev–Trinajstić information content (AvgIpc) is 3.30. The van der Waals surface area contributed by atoms with Crippen LogP contribution in [0.2, 0.25) is 0 Å². The van der Waals surface area contributed by atoms with Crippen molar-refractivity contribution >= 4 is 49.0 Å². The second-order valence-electron chi connectivity index (χ2n) is 11.7. The molecule has 4 heterocycles. The Morgan fingerprint density at radius 1 is 1.03 bits per heavy atom. The molecule has 2 aromatic heterocycles. The number of aromatic nitrogens is 1. The predicted molar refractivity (Wildman–Crippen MR) is 151 cm³/mol. The highest BCUT2D eigenvalue weighted by atomic mass is 32.1. The van der Waals surface area contributed by atoms with Gasteiger partial charge in [0, 0.05) is 35.1 Å². The van der Waals surface area contributed by atoms with Crippen molar-refractivity contribution in [2.24, 2.45) is 0 Å². The second-order valence-corrected chi connectivity index (χ2v) is 12.7. The fourth-order valence-electron chi connectivity index (χ4n) is 6.30. The van der Waals surface area contributed by atoms with Crippen molar-refractivity contribution in [1.29, 1.82) is 5.26 Å². The number of hydrogen-bond acceptors (Lipinski definition) is 6. The first-order chi connectivity index (χ1) is 17.7. The van der Waals surface area contributed by atoms with Crippen LogP contribution in [0.25, 0.3) is 42.5 Å². The molecule has 6 heteroatoms. The first kappa shape index (κ1) is 22.5. The van der Waals surface area contributed by atoms with Crippen LogP contribution >= 0.6 is 11.3 Å². The standard InChI is InChI=1S/C31H27N3O2S/c1-30(2)11-13-34-14-12-31(3,4)24-26(34)21(30)15-19-20(16-32)23(29(35)36-27(19)24)28-33-25-18-8-6-5-7-17(18)9-10-22(25)37-28/h5-10,15H,11-14H2,1-4H3. The van der Waals surface area contributed by atoms with Gasteiger partial charge in [0.25, 0.3) is 0 Å². The first-order valence-electron chi connectivity index (χ1n) is 12.8. The van der Waals surface area contributed by atoms with Gasteiger partial charge in [-0.15, -0.1) is 11.3 Å². The number of anilines is 1. The van der Waals surface area contributed by atoms with Crippen molar-refractivity contribution in [3.63, 3.8) is 0 Å². The van der Waals surface area contributed by atoms with Crippen LogP contribution in [0.1, 0.15) is 57.2 Å². The Kier molecular flexibility index (Phi) is 4.52. The van der Waals surface area contributed by atoms with Gasteiger partial charge in [0.05, 0.1) is 15.8 Å². The van der Waals surface area contributed by atoms with E-state index in [1.54, 1.807) is 0 Å². The first-order valence-corrected chi connectivity index (χ1v) is 13.6. The fourth-order valence-corrected chi connectivity index (χ4v) is 7.32. The summed E-state index contributed by atoms with van der Waals surface area (Å²) in [4.78, 5) is 21.0. The van der Waals surface area contributed by atoms with Gasteiger partial charge in [-0.1, -0.05) is 58.0 Å². The number of nitriles is 1. The fraction of sp³-hybridized carbons (Fsp3) is 0.323. The van der Waals surface area contributed by atoms with E-state index < -0.39 is 5.63 Å². The summed E-state index contributed by atoms with van der Waals surface area (Å²) < 4.78 is 7.16. The van der Waals surface area contributed by atoms with Gasteiger partial charge in [-0.3, -0.25) is 0 Å². The molecule has 3 aromatic carbocycles. The third kappa shape index (κ3) is 3.07. The van der Waals surface area contributed by atoms with E-state index in [1.165, 1.54) is 22.6 Å². The molecule has 5 aromatic rings. The summed E-state index contributed by atoms with van der Waals surface area (Å²) in [7, 11) is 0. The van der Waals surface area contributed by atoms with E-state index >= 15 is 0 Å². The number of hydrogen-bond donors (Lipinski definition) is 0. The smallest absolute Gasteiger partial charge is 0.348 e. The molecule has 0 aliphatic carbocycles. The lowest BCUT2D eigenvalue weighted by atomic mass is 9.69. The minimum Gasteiger partial charge on any atom is -0.422 e. The largest absolute Gasteiger partial charge is 0.422 e. The molecule has 0 spiro atoms. The van der Waals surface area contributed by atoms with Crippen molar-refractivity contribution < 1.29 is 4.42 Å². The maximum absolute atomic E-state index is 13.7. The van der Waals surface area contributed by atoms with Crippen LogP contribution in [0.4, 0.5) is 5.69 Å². The van der Waals surface area contributed by atoms with E-state index in [2.05, 4.69) is 56.9 Å². The van der Waals surface area contributed by atoms with E-state index in [0.717, 1.165) is 57.9 Å². The Morgan fingerprint density at radius 3 is 2.57 bits per heavy atom. The molecule has 0 unspecified atom stereocenters. The van der Waals surface area contributed by atoms with Gasteiger partial charge >= 0.3 is 5.63 Å². The van der Waals surface area contributed by atoms with E-state index in [9.17, 15) is 10.1 Å². The quantitative estimate of drug-likeness (QED) is 0.224. The molecule has 0 atom stereocenters. The maximum atomic E-state index is 13.7. The Morgan fingerprint density at radius 2 is 1.78 bits per heavy atom. The Bertz CT molecular complexity index is 1890. The number of rotatable bonds is 1. The van der Waals surface area contributed by atoms with Crippen molar-refractivity contribution in [3.05, 3.63) is 69.6 Å². The molecule has 2 aliphatic heterocycles. The maximum Gasteiger partial charge on any atom is 0.348 e. The number of thiazole rings is 1. The van der Waals surface area contributed by atoms with Crippen LogP contribution in [-0.4, -0.2) is 18.1 Å². The molecule has 0 saturated carbocycles. The zero-order valence-corrected chi connectivity index (χ0v) is 22.3. The van der Waals surface area contributed by atoms with E-state index in [0.29, 0.717) is 16.2 Å². The van der Waals surface area contributed by atoms with Gasteiger partial charge in [-0.05, 0) is 46.8 Å². The summed E-state index contributed by atoms with van der Waals surface area (Å²) in [5.41, 5.74) is 4.83. The van der Waals surface area contributed by atoms with E-state index in [1.807, 2.05) is 24.3 Å². The summed E-state index contributed by atoms with van der Waals surface area (Å²) in [5.74, 6) is 0. The van der Waals surface area contributed by atoms with Gasteiger partial charge in [-0.2, -0.15) is 5.26 Å². The van der Waals surface area contributed by atoms with Gasteiger partial charge < -0.3 is 9.32 Å². The molecule has 0 N–H and O–H groups in total. The lowest BCUT2D eigenvalue weighted by Crippen LogP contribution is -2.44. The SMILES string of the molecule is CC1(C)CCN2CCC(C)(C)c3c2c1cc1c(C#N)c(-c2nc4c(ccc5ccccc54)s2)c(=O)oc31. The lowest BCUT2D eigenvalue weighted by Gasteiger charge is -2.48. The normalized spacial score (nSPS) is 17.8. The number of fused-ring (bicyclic) bond motifs is 5. The van der Waals surface area contributed by atoms with Crippen LogP contribution in [0.15, 0.2) is 51.7 Å². The van der Waals surface area contributed by atoms with Gasteiger partial charge in [0.15, 0.2) is 0 Å². The molecular formula is C31H27N3O2S. The Labute approximate surface area is 219 Å². The highest BCUT2D eigenvalue weighted by Crippen LogP contribution is 2.52. The molecule has 184 valence electrons. The zero-order valence-electron chi connectivity index (χ0n) is 21.4. The highest BCUT2D eigenvalue weighted by Gasteiger charge is 2.42. The summed E-state index contributed by atoms with van der Waals surface area (Å²) in [6, 6.07) is 16.7. The molecule has 5 nitrogen and oxygen atoms in total. The van der Waals surface area contributed by atoms with Crippen molar-refractivity contribution in [1.82, 2.24) is 4.98 Å². The van der Waals surface area contributed by atoms with Gasteiger partial charge in [0.2, 0.25) is 0 Å². The summed E-state index contributed by atoms with van der Waals surface area (Å²) in [6.45, 7) is 11.0. The highest BCUT2D eigenvalue weighted by molar-refractivity contribution is 7.21. The van der Waals surface area contributed by atoms with Crippen molar-refractivity contribution in [2.75, 3.05) is 18.0 Å². The van der Waals surface area contributed by atoms with Crippen LogP contribution in [0, 0.1) is 11.3 Å². The summed E-state index contributed by atoms with van der Waals surface area (Å²) in [6.07, 6.45) is 2.01. The minimum absolute atomic E-state index is 0.0417. The Hall–Kier alpha value is -3.69. The molecule has 0 radical (unpaired) electrons. The number of benzene rings is 3. The van der Waals surface area contributed by atoms with Gasteiger partial charge in [0.1, 0.15) is 22.2 Å². The van der Waals surface area contributed by atoms with Crippen molar-refractivity contribution in [2.45, 2.75) is 51.4 Å². The monoisotopic (exact) mass is 505 g/mol. The third-order valence-electron chi connectivity index (χ3n) is 8.52. The topological polar surface area (TPSA) is 70.1 Å². The molecule has 37 heavy (non-hydrogen) atoms. The van der Waals surface area contributed by atoms with E-state index in [-0.39, 0.29) is 16.4 Å². The Balaban J connectivity index is 1.59. The zero-order chi connectivity index (χ0) is 25.7. The molecule has 0 amide bonds. The molecule has 0 saturated heterocycles. The molecular weight excluding hydrogens is 478 g/mol. The van der Waals surface area contributed by atoms with E-state index in [4.69, 9.17) is 9.40 Å². The van der Waals surface area contributed by atoms with Crippen LogP contribution in [0.3, 0.4) is 0 Å². The molecule has 2 aliphatic rings. The predicted octanol–water partition coefficient (Wildman–Crippen LogP) is 7.26. The van der Waals surface area contributed by atoms with Crippen molar-refractivity contribution in [3.8, 4) is 16.6 Å². The van der Waals surface area contributed by atoms with Crippen LogP contribution < -0.4 is 10.5 Å². The van der Waals surface area contributed by atoms with Crippen LogP contribution in [-0.2, 0) is 10.8 Å². The third-order valence-corrected chi connectivity index (χ3v) is 9.55. The summed E-state index contributed by atoms with van der Waals surface area (Å²) >= 11 is 1.44. The lowest BCUT2D eigenvalue weighted by molar-refractivity contribution is 0.398. The molecule has 0 bridgehead atoms. The average molecular weight is 506 g/mol. The minimum atomic E-state index is -0.494. The van der Waals surface area contributed by atoms with Crippen LogP contribution in [0.5, 0.6) is 0 Å². The molecule has 7 rings (SSSR count). The second kappa shape index (κ2) is 7.43. The number of nitrogens with zero attached hydrogens (tertiary/aromatic N) is 3.